The van der Waals surface area contributed by atoms with Crippen molar-refractivity contribution in [1.29, 1.82) is 0 Å². The molecule has 0 spiro atoms. The van der Waals surface area contributed by atoms with Crippen LogP contribution < -0.4 is 10.5 Å². The summed E-state index contributed by atoms with van der Waals surface area (Å²) in [6.07, 6.45) is -4.75. The van der Waals surface area contributed by atoms with E-state index >= 15 is 0 Å². The van der Waals surface area contributed by atoms with Crippen LogP contribution >= 0.6 is 28.3 Å². The minimum atomic E-state index is -4.75. The number of alkyl halides is 3. The normalized spacial score (nSPS) is 12.5. The highest BCUT2D eigenvalue weighted by molar-refractivity contribution is 9.10. The molecule has 1 atom stereocenters. The topological polar surface area (TPSA) is 35.2 Å². The molecule has 0 saturated heterocycles. The summed E-state index contributed by atoms with van der Waals surface area (Å²) in [4.78, 5) is 0. The Hall–Kier alpha value is -1.31. The minimum absolute atomic E-state index is 0. The number of nitrogens with two attached hydrogens (primary N) is 1. The lowest BCUT2D eigenvalue weighted by atomic mass is 9.99. The van der Waals surface area contributed by atoms with Crippen molar-refractivity contribution in [2.75, 3.05) is 0 Å². The van der Waals surface area contributed by atoms with Crippen LogP contribution in [-0.2, 0) is 0 Å². The van der Waals surface area contributed by atoms with Gasteiger partial charge >= 0.3 is 6.36 Å². The molecule has 0 unspecified atom stereocenters. The molecule has 2 rings (SSSR count). The van der Waals surface area contributed by atoms with E-state index in [2.05, 4.69) is 20.7 Å². The Bertz CT molecular complexity index is 613. The average molecular weight is 401 g/mol. The summed E-state index contributed by atoms with van der Waals surface area (Å²) in [7, 11) is 0. The zero-order chi connectivity index (χ0) is 15.6. The van der Waals surface area contributed by atoms with Crippen molar-refractivity contribution in [3.05, 3.63) is 63.9 Å². The molecule has 0 fully saturated rings. The van der Waals surface area contributed by atoms with Crippen LogP contribution in [0, 0.1) is 5.82 Å². The highest BCUT2D eigenvalue weighted by atomic mass is 79.9. The van der Waals surface area contributed by atoms with Crippen molar-refractivity contribution in [3.63, 3.8) is 0 Å². The molecule has 0 aliphatic carbocycles. The molecule has 0 bridgehead atoms. The second-order valence-corrected chi connectivity index (χ2v) is 5.08. The summed E-state index contributed by atoms with van der Waals surface area (Å²) < 4.78 is 54.3. The lowest BCUT2D eigenvalue weighted by Crippen LogP contribution is -2.17. The van der Waals surface area contributed by atoms with Crippen LogP contribution in [0.3, 0.4) is 0 Å². The predicted octanol–water partition coefficient (Wildman–Crippen LogP) is 4.96. The second kappa shape index (κ2) is 7.30. The Balaban J connectivity index is 0.00000242. The van der Waals surface area contributed by atoms with Gasteiger partial charge in [-0.15, -0.1) is 25.6 Å². The van der Waals surface area contributed by atoms with E-state index < -0.39 is 18.2 Å². The smallest absolute Gasteiger partial charge is 0.406 e. The number of hydrogen-bond acceptors (Lipinski definition) is 2. The molecule has 2 N–H and O–H groups in total. The van der Waals surface area contributed by atoms with Crippen molar-refractivity contribution in [1.82, 2.24) is 0 Å². The summed E-state index contributed by atoms with van der Waals surface area (Å²) in [6.45, 7) is 0. The van der Waals surface area contributed by atoms with E-state index in [1.54, 1.807) is 6.07 Å². The highest BCUT2D eigenvalue weighted by Gasteiger charge is 2.31. The van der Waals surface area contributed by atoms with Crippen LogP contribution in [-0.4, -0.2) is 6.36 Å². The molecule has 2 aromatic carbocycles. The van der Waals surface area contributed by atoms with Gasteiger partial charge in [0.05, 0.1) is 6.04 Å². The molecule has 0 heterocycles. The van der Waals surface area contributed by atoms with Gasteiger partial charge < -0.3 is 10.5 Å². The number of ether oxygens (including phenoxy) is 1. The largest absolute Gasteiger partial charge is 0.573 e. The van der Waals surface area contributed by atoms with Gasteiger partial charge in [0.1, 0.15) is 11.6 Å². The maximum Gasteiger partial charge on any atom is 0.573 e. The van der Waals surface area contributed by atoms with Crippen molar-refractivity contribution < 1.29 is 22.3 Å². The van der Waals surface area contributed by atoms with Gasteiger partial charge in [-0.25, -0.2) is 4.39 Å². The molecule has 0 aliphatic heterocycles. The zero-order valence-electron chi connectivity index (χ0n) is 10.9. The Morgan fingerprint density at radius 1 is 1.05 bits per heavy atom. The maximum atomic E-state index is 13.8. The maximum absolute atomic E-state index is 13.8. The zero-order valence-corrected chi connectivity index (χ0v) is 13.3. The first kappa shape index (κ1) is 18.7. The molecule has 0 saturated carbocycles. The Morgan fingerprint density at radius 3 is 2.14 bits per heavy atom. The van der Waals surface area contributed by atoms with Crippen LogP contribution in [0.1, 0.15) is 17.2 Å². The quantitative estimate of drug-likeness (QED) is 0.740. The lowest BCUT2D eigenvalue weighted by molar-refractivity contribution is -0.274. The van der Waals surface area contributed by atoms with Crippen LogP contribution in [0.4, 0.5) is 17.6 Å². The standard InChI is InChI=1S/C14H10BrF4NO.ClH/c15-10-2-1-3-11(16)12(10)13(20)8-4-6-9(7-5-8)21-14(17,18)19;/h1-7,13H,20H2;1H/t13-;/m1./s1. The van der Waals surface area contributed by atoms with Crippen LogP contribution in [0.25, 0.3) is 0 Å². The fraction of sp³-hybridized carbons (Fsp3) is 0.143. The second-order valence-electron chi connectivity index (χ2n) is 4.23. The number of rotatable bonds is 3. The van der Waals surface area contributed by atoms with Gasteiger partial charge in [-0.05, 0) is 29.8 Å². The van der Waals surface area contributed by atoms with Gasteiger partial charge in [0.2, 0.25) is 0 Å². The molecular weight excluding hydrogens is 390 g/mol. The van der Waals surface area contributed by atoms with Crippen LogP contribution in [0.5, 0.6) is 5.75 Å². The Morgan fingerprint density at radius 2 is 1.64 bits per heavy atom. The summed E-state index contributed by atoms with van der Waals surface area (Å²) in [5.74, 6) is -0.849. The molecule has 0 radical (unpaired) electrons. The van der Waals surface area contributed by atoms with Gasteiger partial charge in [0, 0.05) is 10.0 Å². The summed E-state index contributed by atoms with van der Waals surface area (Å²) in [6, 6.07) is 8.63. The Labute approximate surface area is 138 Å². The van der Waals surface area contributed by atoms with Gasteiger partial charge in [-0.3, -0.25) is 0 Å². The number of halogens is 6. The van der Waals surface area contributed by atoms with E-state index in [0.29, 0.717) is 10.0 Å². The van der Waals surface area contributed by atoms with Crippen LogP contribution in [0.2, 0.25) is 0 Å². The van der Waals surface area contributed by atoms with Crippen molar-refractivity contribution in [2.45, 2.75) is 12.4 Å². The molecule has 8 heteroatoms. The van der Waals surface area contributed by atoms with Crippen LogP contribution in [0.15, 0.2) is 46.9 Å². The van der Waals surface area contributed by atoms with Gasteiger partial charge in [-0.2, -0.15) is 0 Å². The first-order valence-corrected chi connectivity index (χ1v) is 6.62. The third kappa shape index (κ3) is 4.59. The van der Waals surface area contributed by atoms with Gasteiger partial charge in [0.15, 0.2) is 0 Å². The van der Waals surface area contributed by atoms with Crippen molar-refractivity contribution in [2.24, 2.45) is 5.73 Å². The predicted molar refractivity (Wildman–Crippen MR) is 80.5 cm³/mol. The average Bonchev–Trinajstić information content (AvgIpc) is 2.37. The number of hydrogen-bond donors (Lipinski definition) is 1. The number of benzene rings is 2. The van der Waals surface area contributed by atoms with E-state index in [1.165, 1.54) is 24.3 Å². The molecule has 0 aromatic heterocycles. The highest BCUT2D eigenvalue weighted by Crippen LogP contribution is 2.30. The van der Waals surface area contributed by atoms with E-state index in [0.717, 1.165) is 12.1 Å². The van der Waals surface area contributed by atoms with E-state index in [4.69, 9.17) is 5.73 Å². The molecular formula is C14H11BrClF4NO. The van der Waals surface area contributed by atoms with E-state index in [1.807, 2.05) is 0 Å². The summed E-state index contributed by atoms with van der Waals surface area (Å²) in [5.41, 5.74) is 6.67. The van der Waals surface area contributed by atoms with Gasteiger partial charge in [-0.1, -0.05) is 34.1 Å². The molecule has 22 heavy (non-hydrogen) atoms. The molecule has 2 nitrogen and oxygen atoms in total. The molecule has 0 amide bonds. The Kier molecular flexibility index (Phi) is 6.22. The van der Waals surface area contributed by atoms with E-state index in [9.17, 15) is 17.6 Å². The van der Waals surface area contributed by atoms with Gasteiger partial charge in [0.25, 0.3) is 0 Å². The molecule has 0 aliphatic rings. The first-order chi connectivity index (χ1) is 9.78. The van der Waals surface area contributed by atoms with Crippen molar-refractivity contribution in [3.8, 4) is 5.75 Å². The van der Waals surface area contributed by atoms with E-state index in [-0.39, 0.29) is 23.7 Å². The fourth-order valence-electron chi connectivity index (χ4n) is 1.85. The minimum Gasteiger partial charge on any atom is -0.406 e. The monoisotopic (exact) mass is 399 g/mol. The third-order valence-electron chi connectivity index (χ3n) is 2.78. The third-order valence-corrected chi connectivity index (χ3v) is 3.48. The fourth-order valence-corrected chi connectivity index (χ4v) is 2.44. The summed E-state index contributed by atoms with van der Waals surface area (Å²) in [5, 5.41) is 0. The molecule has 120 valence electrons. The van der Waals surface area contributed by atoms with Crippen molar-refractivity contribution >= 4 is 28.3 Å². The molecule has 2 aromatic rings. The first-order valence-electron chi connectivity index (χ1n) is 5.83. The summed E-state index contributed by atoms with van der Waals surface area (Å²) >= 11 is 3.21. The lowest BCUT2D eigenvalue weighted by Gasteiger charge is -2.16. The SMILES string of the molecule is Cl.N[C@H](c1ccc(OC(F)(F)F)cc1)c1c(F)cccc1Br.